The van der Waals surface area contributed by atoms with Gasteiger partial charge in [-0.05, 0) is 29.3 Å². The Morgan fingerprint density at radius 3 is 2.77 bits per heavy atom. The van der Waals surface area contributed by atoms with Crippen LogP contribution in [0.1, 0.15) is 12.5 Å². The second kappa shape index (κ2) is 7.18. The van der Waals surface area contributed by atoms with Crippen molar-refractivity contribution in [1.82, 2.24) is 14.7 Å². The molecule has 1 aromatic carbocycles. The average Bonchev–Trinajstić information content (AvgIpc) is 3.01. The molecule has 0 aliphatic rings. The molecule has 2 heterocycles. The fourth-order valence-corrected chi connectivity index (χ4v) is 2.56. The van der Waals surface area contributed by atoms with Crippen LogP contribution < -0.4 is 10.6 Å². The van der Waals surface area contributed by atoms with E-state index < -0.39 is 11.9 Å². The summed E-state index contributed by atoms with van der Waals surface area (Å²) < 4.78 is 27.6. The summed E-state index contributed by atoms with van der Waals surface area (Å²) in [5.74, 6) is -0.600. The normalized spacial score (nSPS) is 10.6. The smallest absolute Gasteiger partial charge is 0.352 e. The number of halogens is 2. The van der Waals surface area contributed by atoms with Gasteiger partial charge in [0.25, 0.3) is 0 Å². The Kier molecular flexibility index (Phi) is 4.78. The lowest BCUT2D eigenvalue weighted by Gasteiger charge is -2.11. The summed E-state index contributed by atoms with van der Waals surface area (Å²) in [6.07, 6.45) is 1.86. The lowest BCUT2D eigenvalue weighted by Crippen LogP contribution is -2.20. The monoisotopic (exact) mass is 360 g/mol. The van der Waals surface area contributed by atoms with Crippen LogP contribution >= 0.6 is 0 Å². The Morgan fingerprint density at radius 1 is 1.23 bits per heavy atom. The van der Waals surface area contributed by atoms with Crippen molar-refractivity contribution in [2.24, 2.45) is 0 Å². The van der Waals surface area contributed by atoms with Crippen LogP contribution in [0.2, 0.25) is 0 Å². The second-order valence-corrected chi connectivity index (χ2v) is 5.47. The molecule has 0 atom stereocenters. The Bertz CT molecular complexity index is 987. The van der Waals surface area contributed by atoms with E-state index >= 15 is 0 Å². The lowest BCUT2D eigenvalue weighted by atomic mass is 10.0. The standard InChI is InChI=1S/C17H14F2N4O3/c1-10(24)20-7-13-12(3-2-4-14(13)18)11-5-6-16-21-15(9-23(16)8-11)22-17(25)26-19/h2-6,8-9H,7H2,1H3,(H,20,24)(H,22,25). The summed E-state index contributed by atoms with van der Waals surface area (Å²) in [7, 11) is 0. The summed E-state index contributed by atoms with van der Waals surface area (Å²) in [5.41, 5.74) is 2.12. The number of nitrogens with zero attached hydrogens (tertiary/aromatic N) is 2. The lowest BCUT2D eigenvalue weighted by molar-refractivity contribution is -0.119. The molecule has 0 spiro atoms. The third kappa shape index (κ3) is 3.61. The molecule has 2 amide bonds. The molecule has 0 saturated heterocycles. The summed E-state index contributed by atoms with van der Waals surface area (Å²) >= 11 is 0. The molecule has 3 rings (SSSR count). The van der Waals surface area contributed by atoms with Crippen molar-refractivity contribution in [2.75, 3.05) is 5.32 Å². The number of carbonyl (C=O) groups excluding carboxylic acids is 2. The van der Waals surface area contributed by atoms with Crippen LogP contribution in [0.5, 0.6) is 0 Å². The van der Waals surface area contributed by atoms with Crippen molar-refractivity contribution in [3.05, 3.63) is 54.1 Å². The minimum Gasteiger partial charge on any atom is -0.352 e. The average molecular weight is 360 g/mol. The number of hydrogen-bond donors (Lipinski definition) is 2. The molecule has 26 heavy (non-hydrogen) atoms. The molecule has 0 fully saturated rings. The van der Waals surface area contributed by atoms with Gasteiger partial charge < -0.3 is 9.72 Å². The molecule has 9 heteroatoms. The van der Waals surface area contributed by atoms with Crippen molar-refractivity contribution in [1.29, 1.82) is 0 Å². The highest BCUT2D eigenvalue weighted by Crippen LogP contribution is 2.26. The minimum absolute atomic E-state index is 0.0501. The van der Waals surface area contributed by atoms with E-state index in [9.17, 15) is 18.5 Å². The molecule has 0 aliphatic carbocycles. The van der Waals surface area contributed by atoms with E-state index in [-0.39, 0.29) is 18.3 Å². The summed E-state index contributed by atoms with van der Waals surface area (Å²) in [6, 6.07) is 8.02. The zero-order chi connectivity index (χ0) is 18.7. The maximum atomic E-state index is 14.2. The summed E-state index contributed by atoms with van der Waals surface area (Å²) in [4.78, 5) is 29.2. The third-order valence-corrected chi connectivity index (χ3v) is 3.70. The number of benzene rings is 1. The van der Waals surface area contributed by atoms with Crippen LogP contribution in [-0.2, 0) is 16.3 Å². The first-order valence-electron chi connectivity index (χ1n) is 7.58. The number of pyridine rings is 1. The summed E-state index contributed by atoms with van der Waals surface area (Å²) in [6.45, 7) is 1.41. The van der Waals surface area contributed by atoms with Crippen LogP contribution in [0.4, 0.5) is 19.5 Å². The van der Waals surface area contributed by atoms with E-state index in [0.717, 1.165) is 0 Å². The van der Waals surface area contributed by atoms with Gasteiger partial charge in [0.2, 0.25) is 5.91 Å². The van der Waals surface area contributed by atoms with Gasteiger partial charge in [-0.25, -0.2) is 19.1 Å². The van der Waals surface area contributed by atoms with Gasteiger partial charge in [0.1, 0.15) is 11.5 Å². The molecule has 2 aromatic heterocycles. The van der Waals surface area contributed by atoms with E-state index in [4.69, 9.17) is 0 Å². The van der Waals surface area contributed by atoms with E-state index in [0.29, 0.717) is 22.3 Å². The molecule has 0 aliphatic heterocycles. The molecule has 2 N–H and O–H groups in total. The SMILES string of the molecule is CC(=O)NCc1c(F)cccc1-c1ccc2nc(NC(=O)OF)cn2c1. The van der Waals surface area contributed by atoms with Gasteiger partial charge in [0.15, 0.2) is 5.82 Å². The van der Waals surface area contributed by atoms with E-state index in [2.05, 4.69) is 20.6 Å². The highest BCUT2D eigenvalue weighted by Gasteiger charge is 2.13. The first kappa shape index (κ1) is 17.3. The van der Waals surface area contributed by atoms with E-state index in [1.54, 1.807) is 34.9 Å². The van der Waals surface area contributed by atoms with Crippen molar-refractivity contribution in [3.8, 4) is 11.1 Å². The predicted molar refractivity (Wildman–Crippen MR) is 89.3 cm³/mol. The largest absolute Gasteiger partial charge is 0.450 e. The van der Waals surface area contributed by atoms with Crippen LogP contribution in [0.15, 0.2) is 42.7 Å². The molecule has 0 radical (unpaired) electrons. The van der Waals surface area contributed by atoms with Gasteiger partial charge in [0, 0.05) is 29.8 Å². The fourth-order valence-electron chi connectivity index (χ4n) is 2.56. The number of aromatic nitrogens is 2. The number of imidazole rings is 1. The first-order chi connectivity index (χ1) is 12.5. The molecular weight excluding hydrogens is 346 g/mol. The minimum atomic E-state index is -1.28. The topological polar surface area (TPSA) is 84.7 Å². The van der Waals surface area contributed by atoms with Crippen molar-refractivity contribution in [3.63, 3.8) is 0 Å². The molecule has 134 valence electrons. The van der Waals surface area contributed by atoms with Crippen LogP contribution in [-0.4, -0.2) is 21.4 Å². The van der Waals surface area contributed by atoms with Gasteiger partial charge in [0.05, 0.1) is 6.20 Å². The van der Waals surface area contributed by atoms with E-state index in [1.165, 1.54) is 19.2 Å². The number of amides is 2. The molecular formula is C17H14F2N4O3. The van der Waals surface area contributed by atoms with Crippen LogP contribution in [0.3, 0.4) is 0 Å². The van der Waals surface area contributed by atoms with Crippen molar-refractivity contribution >= 4 is 23.5 Å². The fraction of sp³-hybridized carbons (Fsp3) is 0.118. The molecule has 0 bridgehead atoms. The zero-order valence-corrected chi connectivity index (χ0v) is 13.6. The third-order valence-electron chi connectivity index (χ3n) is 3.70. The Hall–Kier alpha value is -3.49. The number of anilines is 1. The van der Waals surface area contributed by atoms with Crippen LogP contribution in [0, 0.1) is 5.82 Å². The van der Waals surface area contributed by atoms with Crippen molar-refractivity contribution < 1.29 is 23.4 Å². The maximum absolute atomic E-state index is 14.2. The maximum Gasteiger partial charge on any atom is 0.450 e. The van der Waals surface area contributed by atoms with Crippen LogP contribution in [0.25, 0.3) is 16.8 Å². The van der Waals surface area contributed by atoms with Gasteiger partial charge in [-0.3, -0.25) is 10.1 Å². The number of fused-ring (bicyclic) bond motifs is 1. The number of nitrogens with one attached hydrogen (secondary N) is 2. The Morgan fingerprint density at radius 2 is 2.04 bits per heavy atom. The van der Waals surface area contributed by atoms with Gasteiger partial charge in [-0.2, -0.15) is 0 Å². The zero-order valence-electron chi connectivity index (χ0n) is 13.6. The molecule has 7 nitrogen and oxygen atoms in total. The van der Waals surface area contributed by atoms with Gasteiger partial charge in [-0.15, -0.1) is 0 Å². The van der Waals surface area contributed by atoms with E-state index in [1.807, 2.05) is 0 Å². The Labute approximate surface area is 146 Å². The quantitative estimate of drug-likeness (QED) is 0.748. The molecule has 0 saturated carbocycles. The second-order valence-electron chi connectivity index (χ2n) is 5.47. The predicted octanol–water partition coefficient (Wildman–Crippen LogP) is 3.21. The number of hydrogen-bond acceptors (Lipinski definition) is 4. The molecule has 3 aromatic rings. The first-order valence-corrected chi connectivity index (χ1v) is 7.58. The van der Waals surface area contributed by atoms with Crippen molar-refractivity contribution in [2.45, 2.75) is 13.5 Å². The number of carbonyl (C=O) groups is 2. The van der Waals surface area contributed by atoms with Gasteiger partial charge >= 0.3 is 6.09 Å². The Balaban J connectivity index is 1.99. The number of rotatable bonds is 4. The highest BCUT2D eigenvalue weighted by molar-refractivity contribution is 5.83. The molecule has 0 unspecified atom stereocenters. The summed E-state index contributed by atoms with van der Waals surface area (Å²) in [5, 5.41) is 4.71. The van der Waals surface area contributed by atoms with Gasteiger partial charge in [-0.1, -0.05) is 12.1 Å². The highest BCUT2D eigenvalue weighted by atomic mass is 19.3.